The van der Waals surface area contributed by atoms with Crippen LogP contribution in [0.2, 0.25) is 0 Å². The maximum atomic E-state index is 13.1. The number of thiazole rings is 1. The Balaban J connectivity index is 2.04. The molecule has 1 heterocycles. The lowest BCUT2D eigenvalue weighted by Gasteiger charge is -2.18. The van der Waals surface area contributed by atoms with Crippen LogP contribution in [0.4, 0.5) is 0 Å². The van der Waals surface area contributed by atoms with Gasteiger partial charge in [-0.2, -0.15) is 0 Å². The van der Waals surface area contributed by atoms with Gasteiger partial charge in [-0.3, -0.25) is 0 Å². The van der Waals surface area contributed by atoms with Crippen LogP contribution in [-0.2, 0) is 15.6 Å². The first-order chi connectivity index (χ1) is 11.1. The van der Waals surface area contributed by atoms with E-state index in [1.54, 1.807) is 0 Å². The molecular weight excluding hydrogens is 326 g/mol. The molecule has 3 nitrogen and oxygen atoms in total. The number of hydrogen-bond acceptors (Lipinski definition) is 4. The quantitative estimate of drug-likeness (QED) is 0.699. The van der Waals surface area contributed by atoms with Crippen LogP contribution in [0, 0.1) is 6.92 Å². The van der Waals surface area contributed by atoms with Crippen LogP contribution in [0.15, 0.2) is 66.0 Å². The molecule has 1 aromatic heterocycles. The van der Waals surface area contributed by atoms with E-state index in [1.165, 1.54) is 11.3 Å². The fourth-order valence-corrected chi connectivity index (χ4v) is 5.22. The SMILES string of the molecule is Cc1nc(CS(=O)(=O)C(c2ccccc2)c2ccccc2)cs1. The van der Waals surface area contributed by atoms with E-state index in [0.717, 1.165) is 16.1 Å². The zero-order chi connectivity index (χ0) is 16.3. The lowest BCUT2D eigenvalue weighted by molar-refractivity contribution is 0.587. The van der Waals surface area contributed by atoms with Crippen molar-refractivity contribution in [2.45, 2.75) is 17.9 Å². The lowest BCUT2D eigenvalue weighted by atomic mass is 10.0. The van der Waals surface area contributed by atoms with Gasteiger partial charge in [0.2, 0.25) is 0 Å². The summed E-state index contributed by atoms with van der Waals surface area (Å²) in [6.45, 7) is 1.88. The predicted octanol–water partition coefficient (Wildman–Crippen LogP) is 4.16. The van der Waals surface area contributed by atoms with Gasteiger partial charge in [0.1, 0.15) is 5.25 Å². The van der Waals surface area contributed by atoms with E-state index in [1.807, 2.05) is 73.0 Å². The van der Waals surface area contributed by atoms with Crippen molar-refractivity contribution in [2.75, 3.05) is 0 Å². The topological polar surface area (TPSA) is 47.0 Å². The summed E-state index contributed by atoms with van der Waals surface area (Å²) in [5.41, 5.74) is 2.18. The number of benzene rings is 2. The summed E-state index contributed by atoms with van der Waals surface area (Å²) < 4.78 is 26.1. The smallest absolute Gasteiger partial charge is 0.167 e. The minimum Gasteiger partial charge on any atom is -0.246 e. The fourth-order valence-electron chi connectivity index (χ4n) is 2.63. The van der Waals surface area contributed by atoms with Crippen LogP contribution in [-0.4, -0.2) is 13.4 Å². The molecule has 0 amide bonds. The summed E-state index contributed by atoms with van der Waals surface area (Å²) in [5, 5.41) is 2.03. The first kappa shape index (κ1) is 15.9. The number of hydrogen-bond donors (Lipinski definition) is 0. The van der Waals surface area contributed by atoms with Crippen LogP contribution >= 0.6 is 11.3 Å². The summed E-state index contributed by atoms with van der Waals surface area (Å²) >= 11 is 1.47. The van der Waals surface area contributed by atoms with Crippen molar-refractivity contribution < 1.29 is 8.42 Å². The maximum absolute atomic E-state index is 13.1. The molecule has 0 saturated carbocycles. The highest BCUT2D eigenvalue weighted by atomic mass is 32.2. The van der Waals surface area contributed by atoms with Crippen LogP contribution in [0.5, 0.6) is 0 Å². The van der Waals surface area contributed by atoms with Gasteiger partial charge in [-0.1, -0.05) is 60.7 Å². The molecule has 0 atom stereocenters. The molecule has 5 heteroatoms. The molecule has 3 aromatic rings. The summed E-state index contributed by atoms with van der Waals surface area (Å²) in [4.78, 5) is 4.30. The highest BCUT2D eigenvalue weighted by molar-refractivity contribution is 7.91. The lowest BCUT2D eigenvalue weighted by Crippen LogP contribution is -2.17. The molecule has 0 radical (unpaired) electrons. The van der Waals surface area contributed by atoms with Crippen molar-refractivity contribution in [3.8, 4) is 0 Å². The molecule has 0 fully saturated rings. The van der Waals surface area contributed by atoms with E-state index >= 15 is 0 Å². The monoisotopic (exact) mass is 343 g/mol. The number of aryl methyl sites for hydroxylation is 1. The zero-order valence-corrected chi connectivity index (χ0v) is 14.3. The minimum absolute atomic E-state index is 0.0498. The highest BCUT2D eigenvalue weighted by Crippen LogP contribution is 2.32. The molecular formula is C18H17NO2S2. The molecule has 3 rings (SSSR count). The Bertz CT molecular complexity index is 832. The van der Waals surface area contributed by atoms with Crippen LogP contribution in [0.25, 0.3) is 0 Å². The normalized spacial score (nSPS) is 11.7. The third-order valence-corrected chi connectivity index (χ3v) is 6.36. The third-order valence-electron chi connectivity index (χ3n) is 3.58. The predicted molar refractivity (Wildman–Crippen MR) is 94.2 cm³/mol. The zero-order valence-electron chi connectivity index (χ0n) is 12.7. The minimum atomic E-state index is -3.42. The number of sulfone groups is 1. The van der Waals surface area contributed by atoms with Gasteiger partial charge < -0.3 is 0 Å². The standard InChI is InChI=1S/C18H17NO2S2/c1-14-19-17(12-22-14)13-23(20,21)18(15-8-4-2-5-9-15)16-10-6-3-7-11-16/h2-12,18H,13H2,1H3. The second-order valence-electron chi connectivity index (χ2n) is 5.37. The molecule has 0 unspecified atom stereocenters. The Labute approximate surface area is 140 Å². The first-order valence-corrected chi connectivity index (χ1v) is 9.88. The van der Waals surface area contributed by atoms with Gasteiger partial charge in [0.05, 0.1) is 16.5 Å². The molecule has 0 N–H and O–H groups in total. The van der Waals surface area contributed by atoms with Crippen LogP contribution in [0.1, 0.15) is 27.1 Å². The Morgan fingerprint density at radius 1 is 0.957 bits per heavy atom. The van der Waals surface area contributed by atoms with Crippen molar-refractivity contribution in [1.29, 1.82) is 0 Å². The Morgan fingerprint density at radius 3 is 1.91 bits per heavy atom. The summed E-state index contributed by atoms with van der Waals surface area (Å²) in [6, 6.07) is 18.7. The average Bonchev–Trinajstić information content (AvgIpc) is 2.93. The average molecular weight is 343 g/mol. The third kappa shape index (κ3) is 3.68. The molecule has 0 aliphatic carbocycles. The molecule has 0 aliphatic rings. The van der Waals surface area contributed by atoms with E-state index in [0.29, 0.717) is 5.69 Å². The summed E-state index contributed by atoms with van der Waals surface area (Å²) in [7, 11) is -3.42. The van der Waals surface area contributed by atoms with E-state index in [2.05, 4.69) is 4.98 Å². The van der Waals surface area contributed by atoms with Crippen molar-refractivity contribution in [3.63, 3.8) is 0 Å². The van der Waals surface area contributed by atoms with E-state index in [9.17, 15) is 8.42 Å². The number of nitrogens with zero attached hydrogens (tertiary/aromatic N) is 1. The van der Waals surface area contributed by atoms with Gasteiger partial charge in [0, 0.05) is 5.38 Å². The van der Waals surface area contributed by atoms with Gasteiger partial charge >= 0.3 is 0 Å². The molecule has 0 saturated heterocycles. The van der Waals surface area contributed by atoms with Gasteiger partial charge in [0.15, 0.2) is 9.84 Å². The second kappa shape index (κ2) is 6.64. The van der Waals surface area contributed by atoms with Gasteiger partial charge in [-0.25, -0.2) is 13.4 Å². The van der Waals surface area contributed by atoms with Crippen molar-refractivity contribution in [1.82, 2.24) is 4.98 Å². The number of rotatable bonds is 5. The van der Waals surface area contributed by atoms with Crippen molar-refractivity contribution in [3.05, 3.63) is 87.9 Å². The van der Waals surface area contributed by atoms with Gasteiger partial charge in [-0.05, 0) is 18.1 Å². The first-order valence-electron chi connectivity index (χ1n) is 7.29. The molecule has 0 bridgehead atoms. The molecule has 0 spiro atoms. The largest absolute Gasteiger partial charge is 0.246 e. The van der Waals surface area contributed by atoms with Crippen molar-refractivity contribution >= 4 is 21.2 Å². The summed E-state index contributed by atoms with van der Waals surface area (Å²) in [5.74, 6) is -0.0498. The Kier molecular flexibility index (Phi) is 4.59. The van der Waals surface area contributed by atoms with Crippen LogP contribution < -0.4 is 0 Å². The Morgan fingerprint density at radius 2 is 1.48 bits per heavy atom. The molecule has 0 aliphatic heterocycles. The van der Waals surface area contributed by atoms with E-state index in [4.69, 9.17) is 0 Å². The van der Waals surface area contributed by atoms with Crippen molar-refractivity contribution in [2.24, 2.45) is 0 Å². The van der Waals surface area contributed by atoms with E-state index < -0.39 is 15.1 Å². The van der Waals surface area contributed by atoms with Gasteiger partial charge in [-0.15, -0.1) is 11.3 Å². The molecule has 23 heavy (non-hydrogen) atoms. The highest BCUT2D eigenvalue weighted by Gasteiger charge is 2.29. The molecule has 118 valence electrons. The maximum Gasteiger partial charge on any atom is 0.167 e. The van der Waals surface area contributed by atoms with E-state index in [-0.39, 0.29) is 5.75 Å². The molecule has 2 aromatic carbocycles. The fraction of sp³-hybridized carbons (Fsp3) is 0.167. The summed E-state index contributed by atoms with van der Waals surface area (Å²) in [6.07, 6.45) is 0. The van der Waals surface area contributed by atoms with Gasteiger partial charge in [0.25, 0.3) is 0 Å². The number of aromatic nitrogens is 1. The van der Waals surface area contributed by atoms with Crippen LogP contribution in [0.3, 0.4) is 0 Å². The Hall–Kier alpha value is -1.98. The second-order valence-corrected chi connectivity index (χ2v) is 8.51.